The van der Waals surface area contributed by atoms with Crippen molar-refractivity contribution in [1.29, 1.82) is 0 Å². The van der Waals surface area contributed by atoms with Crippen molar-refractivity contribution in [1.82, 2.24) is 5.32 Å². The highest BCUT2D eigenvalue weighted by Crippen LogP contribution is 2.51. The van der Waals surface area contributed by atoms with Crippen LogP contribution in [0.3, 0.4) is 0 Å². The van der Waals surface area contributed by atoms with Crippen molar-refractivity contribution in [2.24, 2.45) is 5.73 Å². The maximum absolute atomic E-state index is 6.90. The summed E-state index contributed by atoms with van der Waals surface area (Å²) in [6.07, 6.45) is 4.31. The van der Waals surface area contributed by atoms with E-state index in [0.717, 1.165) is 5.56 Å². The van der Waals surface area contributed by atoms with Crippen LogP contribution in [0.15, 0.2) is 146 Å². The SMILES string of the molecule is CC1(C)c2ccccc2-c2cccc(C(/C=C/c3c4ccccc4cc4c3ccc3ccccc34)NC(N)c3ccccc3)c21. The molecule has 2 heteroatoms. The summed E-state index contributed by atoms with van der Waals surface area (Å²) in [7, 11) is 0. The van der Waals surface area contributed by atoms with Gasteiger partial charge in [0.2, 0.25) is 0 Å². The van der Waals surface area contributed by atoms with Gasteiger partial charge in [-0.2, -0.15) is 0 Å². The zero-order chi connectivity index (χ0) is 30.5. The molecule has 2 atom stereocenters. The third kappa shape index (κ3) is 4.57. The Morgan fingerprint density at radius 3 is 2.13 bits per heavy atom. The fourth-order valence-corrected chi connectivity index (χ4v) is 7.57. The number of rotatable bonds is 6. The van der Waals surface area contributed by atoms with Gasteiger partial charge in [-0.05, 0) is 77.3 Å². The van der Waals surface area contributed by atoms with Gasteiger partial charge in [-0.15, -0.1) is 0 Å². The van der Waals surface area contributed by atoms with Gasteiger partial charge in [0.05, 0.1) is 12.2 Å². The summed E-state index contributed by atoms with van der Waals surface area (Å²) >= 11 is 0. The fourth-order valence-electron chi connectivity index (χ4n) is 7.57. The van der Waals surface area contributed by atoms with E-state index < -0.39 is 0 Å². The highest BCUT2D eigenvalue weighted by Gasteiger charge is 2.38. The normalized spacial score (nSPS) is 15.0. The Balaban J connectivity index is 1.33. The highest BCUT2D eigenvalue weighted by molar-refractivity contribution is 6.16. The second kappa shape index (κ2) is 10.9. The van der Waals surface area contributed by atoms with E-state index in [1.54, 1.807) is 0 Å². The molecule has 0 amide bonds. The molecule has 218 valence electrons. The van der Waals surface area contributed by atoms with Crippen LogP contribution in [0.2, 0.25) is 0 Å². The van der Waals surface area contributed by atoms with Crippen LogP contribution in [0.25, 0.3) is 49.5 Å². The summed E-state index contributed by atoms with van der Waals surface area (Å²) in [5.41, 5.74) is 15.7. The van der Waals surface area contributed by atoms with Crippen LogP contribution >= 0.6 is 0 Å². The molecule has 0 saturated heterocycles. The highest BCUT2D eigenvalue weighted by atomic mass is 15.0. The van der Waals surface area contributed by atoms with Crippen LogP contribution in [0.1, 0.15) is 53.9 Å². The first-order chi connectivity index (χ1) is 22.0. The lowest BCUT2D eigenvalue weighted by Gasteiger charge is -2.29. The van der Waals surface area contributed by atoms with Crippen LogP contribution < -0.4 is 11.1 Å². The predicted molar refractivity (Wildman–Crippen MR) is 191 cm³/mol. The van der Waals surface area contributed by atoms with Crippen molar-refractivity contribution in [3.05, 3.63) is 173 Å². The Labute approximate surface area is 264 Å². The van der Waals surface area contributed by atoms with Crippen LogP contribution in [0, 0.1) is 0 Å². The van der Waals surface area contributed by atoms with Crippen molar-refractivity contribution in [3.8, 4) is 11.1 Å². The molecule has 2 nitrogen and oxygen atoms in total. The molecular formula is C43H36N2. The Bertz CT molecular complexity index is 2240. The fraction of sp³-hybridized carbons (Fsp3) is 0.116. The topological polar surface area (TPSA) is 38.0 Å². The molecule has 0 bridgehead atoms. The molecule has 0 spiro atoms. The number of benzene rings is 7. The maximum atomic E-state index is 6.90. The molecule has 0 saturated carbocycles. The molecule has 0 heterocycles. The van der Waals surface area contributed by atoms with E-state index >= 15 is 0 Å². The molecule has 2 unspecified atom stereocenters. The quantitative estimate of drug-likeness (QED) is 0.117. The monoisotopic (exact) mass is 580 g/mol. The van der Waals surface area contributed by atoms with Crippen molar-refractivity contribution in [3.63, 3.8) is 0 Å². The molecule has 1 aliphatic rings. The van der Waals surface area contributed by atoms with E-state index in [4.69, 9.17) is 5.73 Å². The van der Waals surface area contributed by atoms with Gasteiger partial charge in [0.1, 0.15) is 0 Å². The number of fused-ring (bicyclic) bond motifs is 7. The van der Waals surface area contributed by atoms with Gasteiger partial charge < -0.3 is 5.73 Å². The van der Waals surface area contributed by atoms with Crippen LogP contribution in [-0.4, -0.2) is 0 Å². The van der Waals surface area contributed by atoms with Crippen molar-refractivity contribution >= 4 is 38.4 Å². The summed E-state index contributed by atoms with van der Waals surface area (Å²) in [5, 5.41) is 11.4. The summed E-state index contributed by atoms with van der Waals surface area (Å²) in [5.74, 6) is 0. The summed E-state index contributed by atoms with van der Waals surface area (Å²) in [6.45, 7) is 4.70. The minimum absolute atomic E-state index is 0.127. The van der Waals surface area contributed by atoms with Gasteiger partial charge in [0, 0.05) is 5.41 Å². The van der Waals surface area contributed by atoms with E-state index in [-0.39, 0.29) is 17.6 Å². The predicted octanol–water partition coefficient (Wildman–Crippen LogP) is 10.5. The average molecular weight is 581 g/mol. The number of hydrogen-bond donors (Lipinski definition) is 2. The lowest BCUT2D eigenvalue weighted by molar-refractivity contribution is 0.501. The van der Waals surface area contributed by atoms with E-state index in [0.29, 0.717) is 0 Å². The van der Waals surface area contributed by atoms with Gasteiger partial charge >= 0.3 is 0 Å². The Hall–Kier alpha value is -5.02. The first-order valence-electron chi connectivity index (χ1n) is 15.8. The van der Waals surface area contributed by atoms with Gasteiger partial charge in [0.25, 0.3) is 0 Å². The molecule has 7 aromatic carbocycles. The van der Waals surface area contributed by atoms with Crippen molar-refractivity contribution in [2.75, 3.05) is 0 Å². The Morgan fingerprint density at radius 2 is 1.29 bits per heavy atom. The van der Waals surface area contributed by atoms with Crippen molar-refractivity contribution in [2.45, 2.75) is 31.5 Å². The minimum atomic E-state index is -0.336. The summed E-state index contributed by atoms with van der Waals surface area (Å²) in [6, 6.07) is 50.0. The molecule has 1 aliphatic carbocycles. The number of hydrogen-bond acceptors (Lipinski definition) is 2. The Morgan fingerprint density at radius 1 is 0.600 bits per heavy atom. The molecule has 0 fully saturated rings. The molecule has 3 N–H and O–H groups in total. The third-order valence-electron chi connectivity index (χ3n) is 9.73. The second-order valence-electron chi connectivity index (χ2n) is 12.7. The number of nitrogens with one attached hydrogen (secondary N) is 1. The van der Waals surface area contributed by atoms with Gasteiger partial charge in [-0.1, -0.05) is 159 Å². The first kappa shape index (κ1) is 27.5. The molecule has 7 aromatic rings. The zero-order valence-corrected chi connectivity index (χ0v) is 25.7. The number of nitrogens with two attached hydrogens (primary N) is 1. The zero-order valence-electron chi connectivity index (χ0n) is 25.7. The molecule has 45 heavy (non-hydrogen) atoms. The molecule has 0 aromatic heterocycles. The second-order valence-corrected chi connectivity index (χ2v) is 12.7. The standard InChI is InChI=1S/C43H36N2/c1-43(2)39-22-11-10-19-35(39)36-20-12-21-37(41(36)43)40(45-42(44)29-14-4-3-5-15-29)26-25-33-32-18-9-7-16-30(32)27-38-31-17-8-6-13-28(31)23-24-34(33)38/h3-27,40,42,45H,44H2,1-2H3/b26-25+. The molecule has 8 rings (SSSR count). The minimum Gasteiger partial charge on any atom is -0.312 e. The maximum Gasteiger partial charge on any atom is 0.0817 e. The smallest absolute Gasteiger partial charge is 0.0817 e. The summed E-state index contributed by atoms with van der Waals surface area (Å²) < 4.78 is 0. The van der Waals surface area contributed by atoms with Gasteiger partial charge in [0.15, 0.2) is 0 Å². The van der Waals surface area contributed by atoms with E-state index in [9.17, 15) is 0 Å². The molecule has 0 radical (unpaired) electrons. The van der Waals surface area contributed by atoms with Gasteiger partial charge in [-0.25, -0.2) is 0 Å². The largest absolute Gasteiger partial charge is 0.312 e. The van der Waals surface area contributed by atoms with E-state index in [1.807, 2.05) is 18.2 Å². The first-order valence-corrected chi connectivity index (χ1v) is 15.8. The van der Waals surface area contributed by atoms with Crippen molar-refractivity contribution < 1.29 is 0 Å². The Kier molecular flexibility index (Phi) is 6.64. The summed E-state index contributed by atoms with van der Waals surface area (Å²) in [4.78, 5) is 0. The molecular weight excluding hydrogens is 544 g/mol. The lowest BCUT2D eigenvalue weighted by atomic mass is 9.78. The lowest BCUT2D eigenvalue weighted by Crippen LogP contribution is -2.33. The van der Waals surface area contributed by atoms with Gasteiger partial charge in [-0.3, -0.25) is 5.32 Å². The van der Waals surface area contributed by atoms with Crippen LogP contribution in [0.5, 0.6) is 0 Å². The van der Waals surface area contributed by atoms with E-state index in [2.05, 4.69) is 153 Å². The third-order valence-corrected chi connectivity index (χ3v) is 9.73. The molecule has 0 aliphatic heterocycles. The average Bonchev–Trinajstić information content (AvgIpc) is 3.32. The van der Waals surface area contributed by atoms with Crippen LogP contribution in [-0.2, 0) is 5.41 Å². The van der Waals surface area contributed by atoms with Crippen LogP contribution in [0.4, 0.5) is 0 Å². The van der Waals surface area contributed by atoms with E-state index in [1.165, 1.54) is 65.7 Å².